The smallest absolute Gasteiger partial charge is 0.264 e. The molecular weight excluding hydrogens is 484 g/mol. The summed E-state index contributed by atoms with van der Waals surface area (Å²) in [5, 5.41) is 3.54. The van der Waals surface area contributed by atoms with E-state index in [1.165, 1.54) is 12.1 Å². The first kappa shape index (κ1) is 25.1. The summed E-state index contributed by atoms with van der Waals surface area (Å²) in [6.45, 7) is 1.97. The van der Waals surface area contributed by atoms with Gasteiger partial charge in [0, 0.05) is 35.7 Å². The number of sulfonamides is 1. The van der Waals surface area contributed by atoms with Gasteiger partial charge in [0.2, 0.25) is 5.95 Å². The minimum atomic E-state index is -3.85. The fraction of sp³-hybridized carbons (Fsp3) is 0.320. The van der Waals surface area contributed by atoms with Crippen molar-refractivity contribution < 1.29 is 8.42 Å². The second-order valence-electron chi connectivity index (χ2n) is 8.55. The summed E-state index contributed by atoms with van der Waals surface area (Å²) < 4.78 is 27.9. The standard InChI is InChI=1S/C25H29ClN6O2S/c1-2-22-18(9-14-24(31-22)32-35(33,34)23-6-4-3-5-21(23)26)8-7-17-15-28-25(29-16-17)30-20-12-10-19(27)11-13-20/h3-9,14-16,19-20H,2,10-13,27H2,1H3,(H,31,32)(H,28,29,30)/b8-7+. The van der Waals surface area contributed by atoms with E-state index in [9.17, 15) is 8.42 Å². The fourth-order valence-electron chi connectivity index (χ4n) is 3.99. The van der Waals surface area contributed by atoms with Crippen molar-refractivity contribution in [2.45, 2.75) is 56.0 Å². The lowest BCUT2D eigenvalue weighted by Crippen LogP contribution is -2.33. The fourth-order valence-corrected chi connectivity index (χ4v) is 5.51. The van der Waals surface area contributed by atoms with E-state index in [4.69, 9.17) is 17.3 Å². The van der Waals surface area contributed by atoms with Crippen LogP contribution in [0.3, 0.4) is 0 Å². The second kappa shape index (κ2) is 11.2. The van der Waals surface area contributed by atoms with Gasteiger partial charge < -0.3 is 11.1 Å². The number of pyridine rings is 1. The van der Waals surface area contributed by atoms with Crippen molar-refractivity contribution >= 4 is 45.5 Å². The van der Waals surface area contributed by atoms with E-state index in [1.54, 1.807) is 30.6 Å². The quantitative estimate of drug-likeness (QED) is 0.398. The minimum absolute atomic E-state index is 0.00971. The lowest BCUT2D eigenvalue weighted by molar-refractivity contribution is 0.410. The van der Waals surface area contributed by atoms with Crippen molar-refractivity contribution in [1.82, 2.24) is 15.0 Å². The molecular formula is C25H29ClN6O2S. The molecule has 1 saturated carbocycles. The van der Waals surface area contributed by atoms with Crippen LogP contribution in [0.25, 0.3) is 12.2 Å². The topological polar surface area (TPSA) is 123 Å². The summed E-state index contributed by atoms with van der Waals surface area (Å²) in [4.78, 5) is 13.4. The molecule has 0 aliphatic heterocycles. The largest absolute Gasteiger partial charge is 0.351 e. The molecule has 1 fully saturated rings. The molecule has 4 rings (SSSR count). The van der Waals surface area contributed by atoms with Gasteiger partial charge in [0.05, 0.1) is 5.02 Å². The number of aryl methyl sites for hydroxylation is 1. The highest BCUT2D eigenvalue weighted by Gasteiger charge is 2.19. The number of nitrogens with one attached hydrogen (secondary N) is 2. The number of aromatic nitrogens is 3. The molecule has 35 heavy (non-hydrogen) atoms. The first-order valence-electron chi connectivity index (χ1n) is 11.6. The number of hydrogen-bond donors (Lipinski definition) is 3. The van der Waals surface area contributed by atoms with Crippen molar-refractivity contribution in [3.05, 3.63) is 70.6 Å². The zero-order chi connectivity index (χ0) is 24.8. The van der Waals surface area contributed by atoms with Crippen LogP contribution in [0.1, 0.15) is 49.4 Å². The highest BCUT2D eigenvalue weighted by atomic mass is 35.5. The molecule has 1 aliphatic rings. The van der Waals surface area contributed by atoms with Gasteiger partial charge in [0.25, 0.3) is 10.0 Å². The van der Waals surface area contributed by atoms with Gasteiger partial charge >= 0.3 is 0 Å². The van der Waals surface area contributed by atoms with Crippen LogP contribution < -0.4 is 15.8 Å². The van der Waals surface area contributed by atoms with Crippen molar-refractivity contribution in [2.24, 2.45) is 5.73 Å². The highest BCUT2D eigenvalue weighted by molar-refractivity contribution is 7.92. The molecule has 0 saturated heterocycles. The normalized spacial score (nSPS) is 18.5. The van der Waals surface area contributed by atoms with Crippen molar-refractivity contribution in [3.8, 4) is 0 Å². The molecule has 0 radical (unpaired) electrons. The van der Waals surface area contributed by atoms with Crippen LogP contribution in [0.2, 0.25) is 5.02 Å². The third-order valence-electron chi connectivity index (χ3n) is 5.94. The summed E-state index contributed by atoms with van der Waals surface area (Å²) in [7, 11) is -3.85. The van der Waals surface area contributed by atoms with Crippen LogP contribution in [-0.2, 0) is 16.4 Å². The molecule has 10 heteroatoms. The maximum atomic E-state index is 12.7. The third-order valence-corrected chi connectivity index (χ3v) is 7.80. The number of rotatable bonds is 8. The Morgan fingerprint density at radius 2 is 1.77 bits per heavy atom. The van der Waals surface area contributed by atoms with Gasteiger partial charge in [-0.3, -0.25) is 4.72 Å². The minimum Gasteiger partial charge on any atom is -0.351 e. The van der Waals surface area contributed by atoms with Crippen LogP contribution in [0.4, 0.5) is 11.8 Å². The summed E-state index contributed by atoms with van der Waals surface area (Å²) in [6, 6.07) is 10.4. The molecule has 1 aliphatic carbocycles. The molecule has 0 atom stereocenters. The molecule has 184 valence electrons. The van der Waals surface area contributed by atoms with Crippen LogP contribution in [0.15, 0.2) is 53.7 Å². The molecule has 3 aromatic rings. The Balaban J connectivity index is 1.43. The Bertz CT molecular complexity index is 1290. The Morgan fingerprint density at radius 3 is 2.46 bits per heavy atom. The van der Waals surface area contributed by atoms with E-state index in [-0.39, 0.29) is 15.7 Å². The van der Waals surface area contributed by atoms with Crippen LogP contribution in [0.5, 0.6) is 0 Å². The number of hydrogen-bond acceptors (Lipinski definition) is 7. The van der Waals surface area contributed by atoms with Gasteiger partial charge in [-0.2, -0.15) is 0 Å². The van der Waals surface area contributed by atoms with Crippen molar-refractivity contribution in [2.75, 3.05) is 10.0 Å². The maximum absolute atomic E-state index is 12.7. The monoisotopic (exact) mass is 512 g/mol. The summed E-state index contributed by atoms with van der Waals surface area (Å²) in [6.07, 6.45) is 12.1. The average molecular weight is 513 g/mol. The van der Waals surface area contributed by atoms with Gasteiger partial charge in [-0.05, 0) is 61.9 Å². The van der Waals surface area contributed by atoms with Gasteiger partial charge in [-0.1, -0.05) is 42.8 Å². The van der Waals surface area contributed by atoms with Crippen LogP contribution in [0, 0.1) is 0 Å². The third kappa shape index (κ3) is 6.56. The van der Waals surface area contributed by atoms with Gasteiger partial charge in [-0.25, -0.2) is 23.4 Å². The molecule has 0 spiro atoms. The lowest BCUT2D eigenvalue weighted by Gasteiger charge is -2.26. The molecule has 0 unspecified atom stereocenters. The molecule has 2 heterocycles. The van der Waals surface area contributed by atoms with Gasteiger partial charge in [0.15, 0.2) is 0 Å². The molecule has 1 aromatic carbocycles. The Kier molecular flexibility index (Phi) is 8.00. The number of anilines is 2. The predicted molar refractivity (Wildman–Crippen MR) is 141 cm³/mol. The predicted octanol–water partition coefficient (Wildman–Crippen LogP) is 4.74. The molecule has 2 aromatic heterocycles. The number of nitrogens with zero attached hydrogens (tertiary/aromatic N) is 3. The zero-order valence-electron chi connectivity index (χ0n) is 19.5. The first-order chi connectivity index (χ1) is 16.8. The average Bonchev–Trinajstić information content (AvgIpc) is 2.85. The number of nitrogens with two attached hydrogens (primary N) is 1. The van der Waals surface area contributed by atoms with Crippen molar-refractivity contribution in [1.29, 1.82) is 0 Å². The molecule has 0 bridgehead atoms. The Hall–Kier alpha value is -3.01. The second-order valence-corrected chi connectivity index (χ2v) is 10.6. The maximum Gasteiger partial charge on any atom is 0.264 e. The summed E-state index contributed by atoms with van der Waals surface area (Å²) in [5.74, 6) is 0.857. The molecule has 8 nitrogen and oxygen atoms in total. The lowest BCUT2D eigenvalue weighted by atomic mass is 9.92. The SMILES string of the molecule is CCc1nc(NS(=O)(=O)c2ccccc2Cl)ccc1/C=C/c1cnc(NC2CCC(N)CC2)nc1. The Morgan fingerprint density at radius 1 is 1.06 bits per heavy atom. The van der Waals surface area contributed by atoms with Gasteiger partial charge in [-0.15, -0.1) is 0 Å². The van der Waals surface area contributed by atoms with E-state index in [2.05, 4.69) is 25.0 Å². The van der Waals surface area contributed by atoms with E-state index >= 15 is 0 Å². The van der Waals surface area contributed by atoms with E-state index in [0.29, 0.717) is 24.5 Å². The Labute approximate surface area is 211 Å². The molecule has 0 amide bonds. The van der Waals surface area contributed by atoms with Gasteiger partial charge in [0.1, 0.15) is 10.7 Å². The number of benzene rings is 1. The van der Waals surface area contributed by atoms with E-state index < -0.39 is 10.0 Å². The molecule has 4 N–H and O–H groups in total. The van der Waals surface area contributed by atoms with Crippen molar-refractivity contribution in [3.63, 3.8) is 0 Å². The van der Waals surface area contributed by atoms with E-state index in [1.807, 2.05) is 25.1 Å². The van der Waals surface area contributed by atoms with E-state index in [0.717, 1.165) is 42.5 Å². The summed E-state index contributed by atoms with van der Waals surface area (Å²) in [5.41, 5.74) is 8.47. The van der Waals surface area contributed by atoms with Crippen LogP contribution in [-0.4, -0.2) is 35.5 Å². The summed E-state index contributed by atoms with van der Waals surface area (Å²) >= 11 is 6.05. The zero-order valence-corrected chi connectivity index (χ0v) is 21.1. The number of halogens is 1. The first-order valence-corrected chi connectivity index (χ1v) is 13.5. The highest BCUT2D eigenvalue weighted by Crippen LogP contribution is 2.24. The van der Waals surface area contributed by atoms with Crippen LogP contribution >= 0.6 is 11.6 Å².